The molecule has 2 aromatic carbocycles. The Kier molecular flexibility index (Phi) is 8.72. The minimum atomic E-state index is -1.76. The van der Waals surface area contributed by atoms with Crippen LogP contribution in [0.3, 0.4) is 0 Å². The van der Waals surface area contributed by atoms with Crippen LogP contribution in [0.2, 0.25) is 0 Å². The maximum Gasteiger partial charge on any atom is 0.339 e. The number of allylic oxidation sites excluding steroid dienone is 4. The molecule has 2 saturated carbocycles. The maximum atomic E-state index is 13.6. The van der Waals surface area contributed by atoms with Gasteiger partial charge >= 0.3 is 11.9 Å². The average molecular weight is 657 g/mol. The Balaban J connectivity index is 1.08. The van der Waals surface area contributed by atoms with Gasteiger partial charge in [0, 0.05) is 29.6 Å². The monoisotopic (exact) mass is 656 g/mol. The number of esters is 1. The zero-order valence-electron chi connectivity index (χ0n) is 27.0. The summed E-state index contributed by atoms with van der Waals surface area (Å²) in [5, 5.41) is 50.7. The van der Waals surface area contributed by atoms with E-state index in [1.807, 2.05) is 13.0 Å². The zero-order valence-corrected chi connectivity index (χ0v) is 27.0. The summed E-state index contributed by atoms with van der Waals surface area (Å²) < 4.78 is 5.38. The van der Waals surface area contributed by atoms with Gasteiger partial charge in [0.2, 0.25) is 5.78 Å². The number of hydrogen-bond acceptors (Lipinski definition) is 10. The number of nitrogens with zero attached hydrogens (tertiary/aromatic N) is 2. The van der Waals surface area contributed by atoms with Crippen molar-refractivity contribution in [2.45, 2.75) is 70.5 Å². The number of carbonyl (C=O) groups excluding carboxylic acids is 3. The van der Waals surface area contributed by atoms with Crippen LogP contribution in [0.15, 0.2) is 76.5 Å². The van der Waals surface area contributed by atoms with Crippen molar-refractivity contribution >= 4 is 34.9 Å². The zero-order chi connectivity index (χ0) is 34.4. The van der Waals surface area contributed by atoms with Crippen LogP contribution in [0.5, 0.6) is 5.75 Å². The molecule has 0 heterocycles. The van der Waals surface area contributed by atoms with Crippen LogP contribution in [0.4, 0.5) is 11.4 Å². The van der Waals surface area contributed by atoms with Crippen molar-refractivity contribution in [3.63, 3.8) is 0 Å². The van der Waals surface area contributed by atoms with Crippen molar-refractivity contribution < 1.29 is 44.3 Å². The summed E-state index contributed by atoms with van der Waals surface area (Å²) in [5.74, 6) is -2.95. The van der Waals surface area contributed by atoms with Gasteiger partial charge < -0.3 is 25.2 Å². The van der Waals surface area contributed by atoms with E-state index < -0.39 is 46.9 Å². The van der Waals surface area contributed by atoms with Crippen LogP contribution in [0.25, 0.3) is 0 Å². The first-order valence-electron chi connectivity index (χ1n) is 16.3. The van der Waals surface area contributed by atoms with E-state index in [0.29, 0.717) is 30.5 Å². The fraction of sp³-hybridized carbons (Fsp3) is 0.459. The van der Waals surface area contributed by atoms with E-state index in [9.17, 15) is 39.6 Å². The molecule has 7 atom stereocenters. The number of aromatic carboxylic acids is 1. The summed E-state index contributed by atoms with van der Waals surface area (Å²) in [5.41, 5.74) is -1.03. The minimum absolute atomic E-state index is 0.0280. The van der Waals surface area contributed by atoms with Gasteiger partial charge in [0.15, 0.2) is 12.4 Å². The van der Waals surface area contributed by atoms with Gasteiger partial charge in [0.05, 0.1) is 17.5 Å². The van der Waals surface area contributed by atoms with Gasteiger partial charge in [-0.2, -0.15) is 10.2 Å². The molecule has 0 radical (unpaired) electrons. The molecule has 6 rings (SSSR count). The first-order chi connectivity index (χ1) is 22.8. The topological polar surface area (TPSA) is 183 Å². The van der Waals surface area contributed by atoms with Crippen LogP contribution in [-0.2, 0) is 25.5 Å². The second-order valence-corrected chi connectivity index (χ2v) is 14.0. The van der Waals surface area contributed by atoms with Crippen molar-refractivity contribution in [2.24, 2.45) is 38.8 Å². The molecule has 252 valence electrons. The van der Waals surface area contributed by atoms with E-state index in [4.69, 9.17) is 4.74 Å². The number of azo groups is 1. The Morgan fingerprint density at radius 2 is 1.85 bits per heavy atom. The first-order valence-corrected chi connectivity index (χ1v) is 16.3. The number of phenols is 1. The summed E-state index contributed by atoms with van der Waals surface area (Å²) in [6, 6.07) is 10.8. The second kappa shape index (κ2) is 12.5. The molecular weight excluding hydrogens is 616 g/mol. The molecule has 0 aliphatic heterocycles. The number of carbonyl (C=O) groups is 4. The predicted octanol–water partition coefficient (Wildman–Crippen LogP) is 5.56. The summed E-state index contributed by atoms with van der Waals surface area (Å²) >= 11 is 0. The van der Waals surface area contributed by atoms with Crippen molar-refractivity contribution in [3.05, 3.63) is 77.4 Å². The molecule has 11 heteroatoms. The average Bonchev–Trinajstić information content (AvgIpc) is 3.33. The summed E-state index contributed by atoms with van der Waals surface area (Å²) in [7, 11) is 0. The van der Waals surface area contributed by atoms with Crippen molar-refractivity contribution in [2.75, 3.05) is 6.61 Å². The predicted molar refractivity (Wildman–Crippen MR) is 173 cm³/mol. The number of Topliss-reactive ketones (excluding diaryl/α,β-unsaturated/α-hetero) is 1. The largest absolute Gasteiger partial charge is 0.507 e. The van der Waals surface area contributed by atoms with Gasteiger partial charge in [-0.1, -0.05) is 49.8 Å². The Morgan fingerprint density at radius 1 is 1.08 bits per heavy atom. The fourth-order valence-electron chi connectivity index (χ4n) is 8.96. The van der Waals surface area contributed by atoms with Crippen molar-refractivity contribution in [1.82, 2.24) is 0 Å². The SMILES string of the molecule is CC12C=CC(=O)CC1=CCC1C2C(O)CC2(C)C1CCC2(O)C(=O)COC(=O)CCc1ccccc1N=Nc1ccc(O)c(C(=O)O)c1. The molecule has 4 aliphatic carbocycles. The number of hydrogen-bond donors (Lipinski definition) is 4. The number of rotatable bonds is 9. The lowest BCUT2D eigenvalue weighted by molar-refractivity contribution is -0.179. The fourth-order valence-corrected chi connectivity index (χ4v) is 8.96. The van der Waals surface area contributed by atoms with Gasteiger partial charge in [-0.3, -0.25) is 14.4 Å². The number of benzene rings is 2. The first kappa shape index (κ1) is 33.4. The third-order valence-electron chi connectivity index (χ3n) is 11.5. The molecule has 2 aromatic rings. The number of fused-ring (bicyclic) bond motifs is 5. The highest BCUT2D eigenvalue weighted by molar-refractivity contribution is 5.94. The van der Waals surface area contributed by atoms with Gasteiger partial charge in [0.25, 0.3) is 0 Å². The molecule has 4 aliphatic rings. The molecule has 0 bridgehead atoms. The van der Waals surface area contributed by atoms with E-state index in [2.05, 4.69) is 23.2 Å². The highest BCUT2D eigenvalue weighted by Crippen LogP contribution is 2.66. The highest BCUT2D eigenvalue weighted by Gasteiger charge is 2.68. The summed E-state index contributed by atoms with van der Waals surface area (Å²) in [4.78, 5) is 49.8. The number of aryl methyl sites for hydroxylation is 1. The number of aliphatic hydroxyl groups excluding tert-OH is 1. The Morgan fingerprint density at radius 3 is 2.62 bits per heavy atom. The van der Waals surface area contributed by atoms with E-state index >= 15 is 0 Å². The minimum Gasteiger partial charge on any atom is -0.507 e. The van der Waals surface area contributed by atoms with E-state index in [-0.39, 0.29) is 66.2 Å². The lowest BCUT2D eigenvalue weighted by Gasteiger charge is -2.58. The molecule has 11 nitrogen and oxygen atoms in total. The quantitative estimate of drug-likeness (QED) is 0.152. The lowest BCUT2D eigenvalue weighted by Crippen LogP contribution is -2.61. The van der Waals surface area contributed by atoms with Crippen LogP contribution in [0.1, 0.15) is 68.3 Å². The van der Waals surface area contributed by atoms with Crippen molar-refractivity contribution in [3.8, 4) is 5.75 Å². The molecule has 0 saturated heterocycles. The summed E-state index contributed by atoms with van der Waals surface area (Å²) in [6.07, 6.45) is 7.11. The highest BCUT2D eigenvalue weighted by atomic mass is 16.5. The summed E-state index contributed by atoms with van der Waals surface area (Å²) in [6.45, 7) is 3.37. The lowest BCUT2D eigenvalue weighted by atomic mass is 9.47. The molecule has 0 spiro atoms. The molecule has 48 heavy (non-hydrogen) atoms. The standard InChI is InChI=1S/C37H40N2O9/c1-35-15-13-24(40)17-22(35)8-10-25-27-14-16-37(47,36(27,2)19-30(42)33(25)35)31(43)20-48-32(44)12-7-21-5-3-4-6-28(21)39-38-23-9-11-29(41)26(18-23)34(45)46/h3-6,8-9,11,13,15,18,25,27,30,33,41-42,47H,7,10,12,14,16-17,19-20H2,1-2H3,(H,45,46). The number of ether oxygens (including phenoxy) is 1. The second-order valence-electron chi connectivity index (χ2n) is 14.0. The Hall–Kier alpha value is -4.48. The number of aromatic hydroxyl groups is 1. The number of carboxylic acids is 1. The van der Waals surface area contributed by atoms with Crippen LogP contribution < -0.4 is 0 Å². The molecule has 2 fully saturated rings. The van der Waals surface area contributed by atoms with Crippen LogP contribution in [-0.4, -0.2) is 62.2 Å². The smallest absolute Gasteiger partial charge is 0.339 e. The maximum absolute atomic E-state index is 13.6. The molecule has 0 aromatic heterocycles. The number of aliphatic hydroxyl groups is 2. The molecule has 0 amide bonds. The van der Waals surface area contributed by atoms with Crippen LogP contribution in [0, 0.1) is 28.6 Å². The van der Waals surface area contributed by atoms with E-state index in [1.165, 1.54) is 18.2 Å². The van der Waals surface area contributed by atoms with Crippen molar-refractivity contribution in [1.29, 1.82) is 0 Å². The molecule has 7 unspecified atom stereocenters. The Bertz CT molecular complexity index is 1760. The van der Waals surface area contributed by atoms with Gasteiger partial charge in [-0.15, -0.1) is 0 Å². The number of ketones is 2. The molecular formula is C37H40N2O9. The third kappa shape index (κ3) is 5.68. The van der Waals surface area contributed by atoms with E-state index in [0.717, 1.165) is 5.57 Å². The van der Waals surface area contributed by atoms with Gasteiger partial charge in [-0.05, 0) is 79.8 Å². The molecule has 4 N–H and O–H groups in total. The van der Waals surface area contributed by atoms with Crippen LogP contribution >= 0.6 is 0 Å². The van der Waals surface area contributed by atoms with Gasteiger partial charge in [-0.25, -0.2) is 4.79 Å². The van der Waals surface area contributed by atoms with Gasteiger partial charge in [0.1, 0.15) is 16.9 Å². The number of carboxylic acid groups (broad SMARTS) is 1. The normalized spacial score (nSPS) is 32.2. The van der Waals surface area contributed by atoms with E-state index in [1.54, 1.807) is 30.3 Å². The Labute approximate surface area is 278 Å². The third-order valence-corrected chi connectivity index (χ3v) is 11.5.